The van der Waals surface area contributed by atoms with Gasteiger partial charge in [0.2, 0.25) is 0 Å². The van der Waals surface area contributed by atoms with Gasteiger partial charge in [0, 0.05) is 11.6 Å². The molecule has 1 aromatic heterocycles. The molecule has 1 fully saturated rings. The van der Waals surface area contributed by atoms with E-state index < -0.39 is 0 Å². The Balaban J connectivity index is 1.93. The number of ether oxygens (including phenoxy) is 1. The molecular formula is C13H12N2O2. The second-order valence-electron chi connectivity index (χ2n) is 4.14. The lowest BCUT2D eigenvalue weighted by Gasteiger charge is -2.06. The van der Waals surface area contributed by atoms with Gasteiger partial charge >= 0.3 is 0 Å². The van der Waals surface area contributed by atoms with Crippen LogP contribution in [0.4, 0.5) is 0 Å². The van der Waals surface area contributed by atoms with E-state index in [1.54, 1.807) is 0 Å². The van der Waals surface area contributed by atoms with Crippen LogP contribution in [0.25, 0.3) is 11.3 Å². The molecule has 0 radical (unpaired) electrons. The summed E-state index contributed by atoms with van der Waals surface area (Å²) in [5, 5.41) is 0. The zero-order valence-corrected chi connectivity index (χ0v) is 9.22. The van der Waals surface area contributed by atoms with Gasteiger partial charge in [0.25, 0.3) is 5.56 Å². The summed E-state index contributed by atoms with van der Waals surface area (Å²) in [4.78, 5) is 17.8. The van der Waals surface area contributed by atoms with E-state index >= 15 is 0 Å². The molecule has 1 aliphatic carbocycles. The van der Waals surface area contributed by atoms with Crippen molar-refractivity contribution in [2.24, 2.45) is 0 Å². The van der Waals surface area contributed by atoms with Gasteiger partial charge < -0.3 is 9.72 Å². The van der Waals surface area contributed by atoms with Gasteiger partial charge in [-0.25, -0.2) is 4.98 Å². The van der Waals surface area contributed by atoms with Gasteiger partial charge in [-0.15, -0.1) is 0 Å². The molecule has 0 unspecified atom stereocenters. The van der Waals surface area contributed by atoms with Crippen molar-refractivity contribution in [1.29, 1.82) is 0 Å². The van der Waals surface area contributed by atoms with Crippen LogP contribution in [0.5, 0.6) is 5.75 Å². The summed E-state index contributed by atoms with van der Waals surface area (Å²) in [6.07, 6.45) is 4.05. The van der Waals surface area contributed by atoms with E-state index in [1.165, 1.54) is 12.4 Å². The topological polar surface area (TPSA) is 55.0 Å². The summed E-state index contributed by atoms with van der Waals surface area (Å²) in [6.45, 7) is 0. The highest BCUT2D eigenvalue weighted by Crippen LogP contribution is 2.28. The number of nitrogens with one attached hydrogen (secondary N) is 1. The average molecular weight is 228 g/mol. The summed E-state index contributed by atoms with van der Waals surface area (Å²) < 4.78 is 5.70. The van der Waals surface area contributed by atoms with Crippen LogP contribution < -0.4 is 10.3 Å². The van der Waals surface area contributed by atoms with Gasteiger partial charge in [0.05, 0.1) is 18.1 Å². The van der Waals surface area contributed by atoms with E-state index in [1.807, 2.05) is 24.3 Å². The Morgan fingerprint density at radius 3 is 2.94 bits per heavy atom. The van der Waals surface area contributed by atoms with E-state index in [0.717, 1.165) is 24.2 Å². The summed E-state index contributed by atoms with van der Waals surface area (Å²) in [6, 6.07) is 9.16. The van der Waals surface area contributed by atoms with Crippen LogP contribution in [0, 0.1) is 0 Å². The molecule has 1 saturated carbocycles. The number of aromatic amines is 1. The highest BCUT2D eigenvalue weighted by molar-refractivity contribution is 5.60. The van der Waals surface area contributed by atoms with Crippen molar-refractivity contribution in [2.75, 3.05) is 0 Å². The van der Waals surface area contributed by atoms with Crippen molar-refractivity contribution in [3.05, 3.63) is 47.0 Å². The van der Waals surface area contributed by atoms with E-state index in [9.17, 15) is 4.79 Å². The molecule has 2 aromatic rings. The van der Waals surface area contributed by atoms with Crippen LogP contribution in [0.1, 0.15) is 12.8 Å². The number of aromatic nitrogens is 2. The summed E-state index contributed by atoms with van der Waals surface area (Å²) >= 11 is 0. The van der Waals surface area contributed by atoms with Gasteiger partial charge in [-0.2, -0.15) is 0 Å². The van der Waals surface area contributed by atoms with Gasteiger partial charge in [0.1, 0.15) is 5.75 Å². The maximum absolute atomic E-state index is 11.2. The van der Waals surface area contributed by atoms with E-state index in [0.29, 0.717) is 11.8 Å². The monoisotopic (exact) mass is 228 g/mol. The third kappa shape index (κ3) is 2.36. The number of benzene rings is 1. The number of nitrogens with zero attached hydrogens (tertiary/aromatic N) is 1. The van der Waals surface area contributed by atoms with E-state index in [4.69, 9.17) is 4.74 Å². The quantitative estimate of drug-likeness (QED) is 0.873. The molecule has 4 heteroatoms. The standard InChI is InChI=1S/C13H12N2O2/c16-13-7-12(14-8-15-13)9-2-1-3-11(6-9)17-10-4-5-10/h1-3,6-8,10H,4-5H2,(H,14,15,16). The molecule has 4 nitrogen and oxygen atoms in total. The van der Waals surface area contributed by atoms with Gasteiger partial charge in [-0.1, -0.05) is 12.1 Å². The van der Waals surface area contributed by atoms with Gasteiger partial charge in [-0.3, -0.25) is 4.79 Å². The molecule has 0 aliphatic heterocycles. The predicted molar refractivity (Wildman–Crippen MR) is 63.9 cm³/mol. The van der Waals surface area contributed by atoms with Crippen molar-refractivity contribution in [3.63, 3.8) is 0 Å². The second kappa shape index (κ2) is 4.05. The molecule has 0 spiro atoms. The Bertz CT molecular complexity index is 588. The smallest absolute Gasteiger partial charge is 0.251 e. The van der Waals surface area contributed by atoms with Crippen LogP contribution in [-0.4, -0.2) is 16.1 Å². The Morgan fingerprint density at radius 1 is 1.29 bits per heavy atom. The second-order valence-corrected chi connectivity index (χ2v) is 4.14. The molecule has 0 saturated heterocycles. The molecule has 0 amide bonds. The fraction of sp³-hybridized carbons (Fsp3) is 0.231. The SMILES string of the molecule is O=c1cc(-c2cccc(OC3CC3)c2)nc[nH]1. The van der Waals surface area contributed by atoms with Crippen LogP contribution in [0.3, 0.4) is 0 Å². The minimum absolute atomic E-state index is 0.150. The molecular weight excluding hydrogens is 216 g/mol. The molecule has 1 aliphatic rings. The lowest BCUT2D eigenvalue weighted by atomic mass is 10.1. The maximum atomic E-state index is 11.2. The maximum Gasteiger partial charge on any atom is 0.251 e. The van der Waals surface area contributed by atoms with Crippen molar-refractivity contribution >= 4 is 0 Å². The fourth-order valence-corrected chi connectivity index (χ4v) is 1.63. The Labute approximate surface area is 98.3 Å². The minimum atomic E-state index is -0.150. The Hall–Kier alpha value is -2.10. The highest BCUT2D eigenvalue weighted by Gasteiger charge is 2.23. The third-order valence-corrected chi connectivity index (χ3v) is 2.64. The van der Waals surface area contributed by atoms with E-state index in [-0.39, 0.29) is 5.56 Å². The van der Waals surface area contributed by atoms with Crippen LogP contribution in [0.15, 0.2) is 41.5 Å². The zero-order chi connectivity index (χ0) is 11.7. The molecule has 0 bridgehead atoms. The number of hydrogen-bond donors (Lipinski definition) is 1. The van der Waals surface area contributed by atoms with Gasteiger partial charge in [0.15, 0.2) is 0 Å². The van der Waals surface area contributed by atoms with Crippen LogP contribution >= 0.6 is 0 Å². The number of H-pyrrole nitrogens is 1. The molecule has 86 valence electrons. The first-order chi connectivity index (χ1) is 8.31. The third-order valence-electron chi connectivity index (χ3n) is 2.64. The normalized spacial score (nSPS) is 14.6. The lowest BCUT2D eigenvalue weighted by Crippen LogP contribution is -2.04. The van der Waals surface area contributed by atoms with Crippen LogP contribution in [0.2, 0.25) is 0 Å². The van der Waals surface area contributed by atoms with Crippen molar-refractivity contribution < 1.29 is 4.74 Å². The minimum Gasteiger partial charge on any atom is -0.490 e. The molecule has 1 N–H and O–H groups in total. The molecule has 1 aromatic carbocycles. The van der Waals surface area contributed by atoms with E-state index in [2.05, 4.69) is 9.97 Å². The zero-order valence-electron chi connectivity index (χ0n) is 9.22. The highest BCUT2D eigenvalue weighted by atomic mass is 16.5. The average Bonchev–Trinajstić information content (AvgIpc) is 3.13. The van der Waals surface area contributed by atoms with Crippen LogP contribution in [-0.2, 0) is 0 Å². The number of hydrogen-bond acceptors (Lipinski definition) is 3. The Kier molecular flexibility index (Phi) is 2.40. The van der Waals surface area contributed by atoms with Crippen molar-refractivity contribution in [3.8, 4) is 17.0 Å². The summed E-state index contributed by atoms with van der Waals surface area (Å²) in [5.74, 6) is 0.840. The lowest BCUT2D eigenvalue weighted by molar-refractivity contribution is 0.303. The first-order valence-electron chi connectivity index (χ1n) is 5.63. The summed E-state index contributed by atoms with van der Waals surface area (Å²) in [7, 11) is 0. The Morgan fingerprint density at radius 2 is 2.18 bits per heavy atom. The van der Waals surface area contributed by atoms with Crippen molar-refractivity contribution in [2.45, 2.75) is 18.9 Å². The first-order valence-corrected chi connectivity index (χ1v) is 5.63. The fourth-order valence-electron chi connectivity index (χ4n) is 1.63. The largest absolute Gasteiger partial charge is 0.490 e. The molecule has 3 rings (SSSR count). The molecule has 17 heavy (non-hydrogen) atoms. The predicted octanol–water partition coefficient (Wildman–Crippen LogP) is 1.98. The molecule has 0 atom stereocenters. The molecule has 1 heterocycles. The summed E-state index contributed by atoms with van der Waals surface area (Å²) in [5.41, 5.74) is 1.41. The first kappa shape index (κ1) is 10.1. The number of rotatable bonds is 3. The van der Waals surface area contributed by atoms with Gasteiger partial charge in [-0.05, 0) is 25.0 Å². The van der Waals surface area contributed by atoms with Crippen molar-refractivity contribution in [1.82, 2.24) is 9.97 Å².